The summed E-state index contributed by atoms with van der Waals surface area (Å²) in [6, 6.07) is 13.5. The highest BCUT2D eigenvalue weighted by Gasteiger charge is 2.18. The van der Waals surface area contributed by atoms with Crippen molar-refractivity contribution in [3.63, 3.8) is 0 Å². The molecule has 0 heterocycles. The van der Waals surface area contributed by atoms with Crippen LogP contribution in [0.1, 0.15) is 11.1 Å². The van der Waals surface area contributed by atoms with Gasteiger partial charge < -0.3 is 10.6 Å². The Balaban J connectivity index is 2.08. The average Bonchev–Trinajstić information content (AvgIpc) is 2.46. The van der Waals surface area contributed by atoms with Gasteiger partial charge in [-0.3, -0.25) is 10.1 Å². The maximum Gasteiger partial charge on any atom is 0.315 e. The molecule has 21 heavy (non-hydrogen) atoms. The minimum atomic E-state index is -0.360. The SMILES string of the molecule is CNc1cccc(NCCc2cccc(C)c2)c1[N+](=O)[O-]. The predicted molar refractivity (Wildman–Crippen MR) is 86.0 cm³/mol. The molecule has 0 unspecified atom stereocenters. The van der Waals surface area contributed by atoms with Crippen molar-refractivity contribution in [2.45, 2.75) is 13.3 Å². The number of anilines is 2. The molecular formula is C16H19N3O2. The summed E-state index contributed by atoms with van der Waals surface area (Å²) >= 11 is 0. The van der Waals surface area contributed by atoms with Gasteiger partial charge in [-0.15, -0.1) is 0 Å². The third-order valence-electron chi connectivity index (χ3n) is 3.30. The molecule has 2 aromatic rings. The molecule has 0 radical (unpaired) electrons. The molecule has 0 aliphatic rings. The molecule has 2 N–H and O–H groups in total. The molecule has 2 rings (SSSR count). The van der Waals surface area contributed by atoms with Gasteiger partial charge in [0.25, 0.3) is 0 Å². The molecule has 5 nitrogen and oxygen atoms in total. The number of nitrogens with one attached hydrogen (secondary N) is 2. The van der Waals surface area contributed by atoms with Crippen LogP contribution in [-0.4, -0.2) is 18.5 Å². The minimum absolute atomic E-state index is 0.0873. The molecule has 0 atom stereocenters. The molecule has 110 valence electrons. The summed E-state index contributed by atoms with van der Waals surface area (Å²) in [5, 5.41) is 17.2. The maximum atomic E-state index is 11.2. The van der Waals surface area contributed by atoms with Gasteiger partial charge >= 0.3 is 5.69 Å². The molecule has 0 aromatic heterocycles. The van der Waals surface area contributed by atoms with E-state index < -0.39 is 0 Å². The molecule has 5 heteroatoms. The Labute approximate surface area is 124 Å². The average molecular weight is 285 g/mol. The number of para-hydroxylation sites is 1. The van der Waals surface area contributed by atoms with Crippen molar-refractivity contribution in [2.24, 2.45) is 0 Å². The molecule has 0 aliphatic heterocycles. The monoisotopic (exact) mass is 285 g/mol. The highest BCUT2D eigenvalue weighted by atomic mass is 16.6. The summed E-state index contributed by atoms with van der Waals surface area (Å²) in [5.41, 5.74) is 3.58. The molecule has 0 spiro atoms. The van der Waals surface area contributed by atoms with Gasteiger partial charge in [-0.2, -0.15) is 0 Å². The highest BCUT2D eigenvalue weighted by Crippen LogP contribution is 2.32. The zero-order valence-corrected chi connectivity index (χ0v) is 12.2. The summed E-state index contributed by atoms with van der Waals surface area (Å²) < 4.78 is 0. The predicted octanol–water partition coefficient (Wildman–Crippen LogP) is 3.60. The van der Waals surface area contributed by atoms with Crippen LogP contribution in [0, 0.1) is 17.0 Å². The van der Waals surface area contributed by atoms with Gasteiger partial charge in [0.1, 0.15) is 11.4 Å². The lowest BCUT2D eigenvalue weighted by atomic mass is 10.1. The van der Waals surface area contributed by atoms with Crippen molar-refractivity contribution in [1.82, 2.24) is 0 Å². The Hall–Kier alpha value is -2.56. The number of nitro groups is 1. The van der Waals surface area contributed by atoms with Crippen LogP contribution in [0.4, 0.5) is 17.1 Å². The summed E-state index contributed by atoms with van der Waals surface area (Å²) in [5.74, 6) is 0. The third-order valence-corrected chi connectivity index (χ3v) is 3.30. The van der Waals surface area contributed by atoms with Gasteiger partial charge in [-0.1, -0.05) is 35.9 Å². The lowest BCUT2D eigenvalue weighted by molar-refractivity contribution is -0.383. The van der Waals surface area contributed by atoms with Crippen molar-refractivity contribution >= 4 is 17.1 Å². The first-order valence-electron chi connectivity index (χ1n) is 6.86. The van der Waals surface area contributed by atoms with E-state index in [-0.39, 0.29) is 10.6 Å². The van der Waals surface area contributed by atoms with E-state index in [2.05, 4.69) is 35.8 Å². The first kappa shape index (κ1) is 14.8. The Morgan fingerprint density at radius 2 is 1.86 bits per heavy atom. The van der Waals surface area contributed by atoms with Gasteiger partial charge in [0.15, 0.2) is 0 Å². The van der Waals surface area contributed by atoms with Gasteiger partial charge in [-0.05, 0) is 31.0 Å². The summed E-state index contributed by atoms with van der Waals surface area (Å²) in [6.45, 7) is 2.70. The fraction of sp³-hybridized carbons (Fsp3) is 0.250. The zero-order valence-electron chi connectivity index (χ0n) is 12.2. The number of hydrogen-bond donors (Lipinski definition) is 2. The molecule has 2 aromatic carbocycles. The number of aryl methyl sites for hydroxylation is 1. The van der Waals surface area contributed by atoms with E-state index in [1.807, 2.05) is 6.07 Å². The van der Waals surface area contributed by atoms with Crippen molar-refractivity contribution in [3.05, 3.63) is 63.7 Å². The van der Waals surface area contributed by atoms with E-state index in [1.54, 1.807) is 25.2 Å². The first-order chi connectivity index (χ1) is 10.1. The normalized spacial score (nSPS) is 10.2. The van der Waals surface area contributed by atoms with E-state index >= 15 is 0 Å². The van der Waals surface area contributed by atoms with Gasteiger partial charge in [0, 0.05) is 13.6 Å². The third kappa shape index (κ3) is 3.72. The van der Waals surface area contributed by atoms with Crippen LogP contribution in [0.2, 0.25) is 0 Å². The standard InChI is InChI=1S/C16H19N3O2/c1-12-5-3-6-13(11-12)9-10-18-15-8-4-7-14(17-2)16(15)19(20)21/h3-8,11,17-18H,9-10H2,1-2H3. The molecular weight excluding hydrogens is 266 g/mol. The topological polar surface area (TPSA) is 67.2 Å². The van der Waals surface area contributed by atoms with Crippen LogP contribution in [-0.2, 0) is 6.42 Å². The highest BCUT2D eigenvalue weighted by molar-refractivity contribution is 5.76. The Kier molecular flexibility index (Phi) is 4.77. The Bertz CT molecular complexity index is 641. The summed E-state index contributed by atoms with van der Waals surface area (Å²) in [7, 11) is 1.68. The van der Waals surface area contributed by atoms with E-state index in [4.69, 9.17) is 0 Å². The second-order valence-electron chi connectivity index (χ2n) is 4.87. The van der Waals surface area contributed by atoms with Gasteiger partial charge in [-0.25, -0.2) is 0 Å². The molecule has 0 fully saturated rings. The van der Waals surface area contributed by atoms with Crippen LogP contribution in [0.15, 0.2) is 42.5 Å². The lowest BCUT2D eigenvalue weighted by Crippen LogP contribution is -2.08. The second-order valence-corrected chi connectivity index (χ2v) is 4.87. The van der Waals surface area contributed by atoms with Crippen LogP contribution < -0.4 is 10.6 Å². The molecule has 0 saturated heterocycles. The Morgan fingerprint density at radius 1 is 1.14 bits per heavy atom. The number of hydrogen-bond acceptors (Lipinski definition) is 4. The van der Waals surface area contributed by atoms with Gasteiger partial charge in [0.2, 0.25) is 0 Å². The number of nitro benzene ring substituents is 1. The zero-order chi connectivity index (χ0) is 15.2. The van der Waals surface area contributed by atoms with Crippen LogP contribution >= 0.6 is 0 Å². The quantitative estimate of drug-likeness (QED) is 0.628. The van der Waals surface area contributed by atoms with Gasteiger partial charge in [0.05, 0.1) is 4.92 Å². The fourth-order valence-electron chi connectivity index (χ4n) is 2.29. The summed E-state index contributed by atoms with van der Waals surface area (Å²) in [6.07, 6.45) is 0.822. The van der Waals surface area contributed by atoms with Crippen molar-refractivity contribution in [3.8, 4) is 0 Å². The smallest absolute Gasteiger partial charge is 0.315 e. The number of nitrogens with zero attached hydrogens (tertiary/aromatic N) is 1. The number of rotatable bonds is 6. The maximum absolute atomic E-state index is 11.2. The van der Waals surface area contributed by atoms with E-state index in [9.17, 15) is 10.1 Å². The van der Waals surface area contributed by atoms with Crippen molar-refractivity contribution < 1.29 is 4.92 Å². The number of benzene rings is 2. The molecule has 0 saturated carbocycles. The largest absolute Gasteiger partial charge is 0.382 e. The molecule has 0 amide bonds. The van der Waals surface area contributed by atoms with Crippen LogP contribution in [0.25, 0.3) is 0 Å². The van der Waals surface area contributed by atoms with Crippen molar-refractivity contribution in [2.75, 3.05) is 24.2 Å². The fourth-order valence-corrected chi connectivity index (χ4v) is 2.29. The summed E-state index contributed by atoms with van der Waals surface area (Å²) in [4.78, 5) is 10.8. The second kappa shape index (κ2) is 6.74. The Morgan fingerprint density at radius 3 is 2.52 bits per heavy atom. The van der Waals surface area contributed by atoms with Crippen LogP contribution in [0.3, 0.4) is 0 Å². The van der Waals surface area contributed by atoms with E-state index in [0.717, 1.165) is 6.42 Å². The molecule has 0 aliphatic carbocycles. The molecule has 0 bridgehead atoms. The van der Waals surface area contributed by atoms with E-state index in [0.29, 0.717) is 17.9 Å². The first-order valence-corrected chi connectivity index (χ1v) is 6.86. The lowest BCUT2D eigenvalue weighted by Gasteiger charge is -2.10. The van der Waals surface area contributed by atoms with Crippen LogP contribution in [0.5, 0.6) is 0 Å². The minimum Gasteiger partial charge on any atom is -0.382 e. The van der Waals surface area contributed by atoms with E-state index in [1.165, 1.54) is 11.1 Å². The van der Waals surface area contributed by atoms with Crippen molar-refractivity contribution in [1.29, 1.82) is 0 Å².